The van der Waals surface area contributed by atoms with Crippen LogP contribution in [-0.4, -0.2) is 39.5 Å². The van der Waals surface area contributed by atoms with Gasteiger partial charge in [-0.05, 0) is 17.7 Å². The number of rotatable bonds is 3. The highest BCUT2D eigenvalue weighted by Gasteiger charge is 2.26. The van der Waals surface area contributed by atoms with Gasteiger partial charge in [-0.25, -0.2) is 14.2 Å². The molecular weight excluding hydrogens is 359 g/mol. The maximum Gasteiger partial charge on any atom is 0.324 e. The number of urea groups is 1. The van der Waals surface area contributed by atoms with Crippen LogP contribution in [0.15, 0.2) is 40.8 Å². The maximum atomic E-state index is 13.2. The Balaban J connectivity index is 1.73. The average Bonchev–Trinajstić information content (AvgIpc) is 3.25. The third-order valence-electron chi connectivity index (χ3n) is 4.18. The highest BCUT2D eigenvalue weighted by molar-refractivity contribution is 7.17. The van der Waals surface area contributed by atoms with E-state index in [0.29, 0.717) is 27.9 Å². The molecular formula is C17H13FN4O3S. The Hall–Kier alpha value is -3.07. The van der Waals surface area contributed by atoms with Crippen molar-refractivity contribution in [3.63, 3.8) is 0 Å². The molecule has 2 aromatic heterocycles. The second-order valence-electron chi connectivity index (χ2n) is 5.79. The number of imide groups is 1. The van der Waals surface area contributed by atoms with Crippen LogP contribution < -0.4 is 10.9 Å². The standard InChI is InChI=1S/C17H13FN4O3S/c18-11-3-1-10(2-4-11)12-8-26-15-14(12)16(24)21(9-20-15)7-13(23)22-6-5-19-17(22)25/h1-4,8-9H,5-7H2,(H,19,25). The molecule has 1 saturated heterocycles. The molecule has 26 heavy (non-hydrogen) atoms. The number of benzene rings is 1. The lowest BCUT2D eigenvalue weighted by atomic mass is 10.1. The number of nitrogens with zero attached hydrogens (tertiary/aromatic N) is 3. The van der Waals surface area contributed by atoms with Gasteiger partial charge in [-0.2, -0.15) is 0 Å². The van der Waals surface area contributed by atoms with Gasteiger partial charge in [-0.1, -0.05) is 12.1 Å². The Morgan fingerprint density at radius 1 is 1.27 bits per heavy atom. The molecule has 0 atom stereocenters. The van der Waals surface area contributed by atoms with Crippen molar-refractivity contribution in [2.45, 2.75) is 6.54 Å². The van der Waals surface area contributed by atoms with E-state index in [2.05, 4.69) is 10.3 Å². The molecule has 0 bridgehead atoms. The van der Waals surface area contributed by atoms with Crippen LogP contribution in [0.2, 0.25) is 0 Å². The normalized spacial score (nSPS) is 14.0. The Morgan fingerprint density at radius 2 is 2.04 bits per heavy atom. The van der Waals surface area contributed by atoms with Gasteiger partial charge in [0.1, 0.15) is 17.2 Å². The minimum Gasteiger partial charge on any atom is -0.336 e. The van der Waals surface area contributed by atoms with Gasteiger partial charge in [0.15, 0.2) is 0 Å². The first-order valence-corrected chi connectivity index (χ1v) is 8.73. The topological polar surface area (TPSA) is 84.3 Å². The highest BCUT2D eigenvalue weighted by Crippen LogP contribution is 2.30. The number of aromatic nitrogens is 2. The van der Waals surface area contributed by atoms with E-state index in [-0.39, 0.29) is 24.5 Å². The molecule has 4 rings (SSSR count). The molecule has 7 nitrogen and oxygen atoms in total. The summed E-state index contributed by atoms with van der Waals surface area (Å²) >= 11 is 1.30. The molecule has 0 unspecified atom stereocenters. The van der Waals surface area contributed by atoms with Crippen LogP contribution in [0.25, 0.3) is 21.3 Å². The van der Waals surface area contributed by atoms with Crippen molar-refractivity contribution in [1.29, 1.82) is 0 Å². The van der Waals surface area contributed by atoms with Crippen molar-refractivity contribution < 1.29 is 14.0 Å². The van der Waals surface area contributed by atoms with E-state index in [0.717, 1.165) is 4.90 Å². The predicted molar refractivity (Wildman–Crippen MR) is 94.4 cm³/mol. The first-order chi connectivity index (χ1) is 12.5. The Bertz CT molecular complexity index is 1070. The van der Waals surface area contributed by atoms with Crippen LogP contribution in [0, 0.1) is 5.82 Å². The number of thiophene rings is 1. The van der Waals surface area contributed by atoms with Crippen LogP contribution in [0.3, 0.4) is 0 Å². The fourth-order valence-corrected chi connectivity index (χ4v) is 3.77. The van der Waals surface area contributed by atoms with E-state index in [9.17, 15) is 18.8 Å². The molecule has 1 aliphatic heterocycles. The minimum absolute atomic E-state index is 0.270. The van der Waals surface area contributed by atoms with Gasteiger partial charge < -0.3 is 5.32 Å². The second-order valence-corrected chi connectivity index (χ2v) is 6.65. The smallest absolute Gasteiger partial charge is 0.324 e. The lowest BCUT2D eigenvalue weighted by molar-refractivity contribution is -0.128. The number of hydrogen-bond acceptors (Lipinski definition) is 5. The van der Waals surface area contributed by atoms with Gasteiger partial charge in [0.05, 0.1) is 11.7 Å². The summed E-state index contributed by atoms with van der Waals surface area (Å²) in [6.07, 6.45) is 1.31. The zero-order valence-electron chi connectivity index (χ0n) is 13.4. The fourth-order valence-electron chi connectivity index (χ4n) is 2.86. The van der Waals surface area contributed by atoms with Gasteiger partial charge in [0.25, 0.3) is 11.5 Å². The molecule has 132 valence electrons. The number of halogens is 1. The number of hydrogen-bond donors (Lipinski definition) is 1. The molecule has 3 heterocycles. The average molecular weight is 372 g/mol. The molecule has 1 aliphatic rings. The van der Waals surface area contributed by atoms with Gasteiger partial charge in [0, 0.05) is 24.0 Å². The van der Waals surface area contributed by atoms with E-state index in [1.807, 2.05) is 0 Å². The summed E-state index contributed by atoms with van der Waals surface area (Å²) in [6.45, 7) is 0.408. The first-order valence-electron chi connectivity index (χ1n) is 7.85. The zero-order valence-corrected chi connectivity index (χ0v) is 14.3. The number of carbonyl (C=O) groups is 2. The third kappa shape index (κ3) is 2.76. The number of amides is 3. The van der Waals surface area contributed by atoms with Crippen LogP contribution in [0.1, 0.15) is 0 Å². The van der Waals surface area contributed by atoms with Gasteiger partial charge >= 0.3 is 6.03 Å². The summed E-state index contributed by atoms with van der Waals surface area (Å²) in [4.78, 5) is 42.6. The van der Waals surface area contributed by atoms with E-state index in [1.165, 1.54) is 34.4 Å². The summed E-state index contributed by atoms with van der Waals surface area (Å²) in [5.41, 5.74) is 0.964. The van der Waals surface area contributed by atoms with Crippen molar-refractivity contribution in [3.8, 4) is 11.1 Å². The number of fused-ring (bicyclic) bond motifs is 1. The predicted octanol–water partition coefficient (Wildman–Crippen LogP) is 1.82. The summed E-state index contributed by atoms with van der Waals surface area (Å²) in [6, 6.07) is 5.37. The summed E-state index contributed by atoms with van der Waals surface area (Å²) in [7, 11) is 0. The summed E-state index contributed by atoms with van der Waals surface area (Å²) in [5, 5.41) is 4.71. The molecule has 0 aliphatic carbocycles. The molecule has 3 aromatic rings. The first kappa shape index (κ1) is 16.4. The SMILES string of the molecule is O=C(Cn1cnc2scc(-c3ccc(F)cc3)c2c1=O)N1CCNC1=O. The molecule has 3 amide bonds. The molecule has 0 spiro atoms. The maximum absolute atomic E-state index is 13.2. The van der Waals surface area contributed by atoms with Crippen molar-refractivity contribution in [3.05, 3.63) is 52.1 Å². The number of carbonyl (C=O) groups excluding carboxylic acids is 2. The van der Waals surface area contributed by atoms with Gasteiger partial charge in [-0.15, -0.1) is 11.3 Å². The van der Waals surface area contributed by atoms with Crippen LogP contribution in [0.5, 0.6) is 0 Å². The molecule has 0 radical (unpaired) electrons. The van der Waals surface area contributed by atoms with Crippen molar-refractivity contribution in [2.75, 3.05) is 13.1 Å². The zero-order chi connectivity index (χ0) is 18.3. The second kappa shape index (κ2) is 6.34. The third-order valence-corrected chi connectivity index (χ3v) is 5.07. The minimum atomic E-state index is -0.471. The highest BCUT2D eigenvalue weighted by atomic mass is 32.1. The molecule has 9 heteroatoms. The van der Waals surface area contributed by atoms with Crippen molar-refractivity contribution in [1.82, 2.24) is 19.8 Å². The van der Waals surface area contributed by atoms with Crippen LogP contribution >= 0.6 is 11.3 Å². The molecule has 0 saturated carbocycles. The molecule has 1 fully saturated rings. The van der Waals surface area contributed by atoms with Crippen LogP contribution in [0.4, 0.5) is 9.18 Å². The van der Waals surface area contributed by atoms with E-state index >= 15 is 0 Å². The molecule has 1 N–H and O–H groups in total. The van der Waals surface area contributed by atoms with E-state index < -0.39 is 11.9 Å². The Kier molecular flexibility index (Phi) is 4.00. The Morgan fingerprint density at radius 3 is 2.73 bits per heavy atom. The van der Waals surface area contributed by atoms with Crippen molar-refractivity contribution in [2.24, 2.45) is 0 Å². The van der Waals surface area contributed by atoms with Gasteiger partial charge in [0.2, 0.25) is 0 Å². The van der Waals surface area contributed by atoms with E-state index in [1.54, 1.807) is 17.5 Å². The summed E-state index contributed by atoms with van der Waals surface area (Å²) in [5.74, 6) is -0.833. The monoisotopic (exact) mass is 372 g/mol. The summed E-state index contributed by atoms with van der Waals surface area (Å²) < 4.78 is 14.3. The fraction of sp³-hybridized carbons (Fsp3) is 0.176. The quantitative estimate of drug-likeness (QED) is 0.760. The van der Waals surface area contributed by atoms with Crippen molar-refractivity contribution >= 4 is 33.5 Å². The van der Waals surface area contributed by atoms with Gasteiger partial charge in [-0.3, -0.25) is 19.1 Å². The Labute approximate surface area is 150 Å². The van der Waals surface area contributed by atoms with E-state index in [4.69, 9.17) is 0 Å². The molecule has 1 aromatic carbocycles. The van der Waals surface area contributed by atoms with Crippen LogP contribution in [-0.2, 0) is 11.3 Å². The lowest BCUT2D eigenvalue weighted by Gasteiger charge is -2.13. The lowest BCUT2D eigenvalue weighted by Crippen LogP contribution is -2.38. The largest absolute Gasteiger partial charge is 0.336 e. The number of nitrogens with one attached hydrogen (secondary N) is 1.